The van der Waals surface area contributed by atoms with Crippen LogP contribution in [0.4, 0.5) is 5.69 Å². The van der Waals surface area contributed by atoms with E-state index in [1.54, 1.807) is 6.20 Å². The van der Waals surface area contributed by atoms with Gasteiger partial charge in [-0.15, -0.1) is 0 Å². The number of benzene rings is 1. The van der Waals surface area contributed by atoms with E-state index in [-0.39, 0.29) is 29.8 Å². The third-order valence-electron chi connectivity index (χ3n) is 4.67. The third kappa shape index (κ3) is 8.24. The summed E-state index contributed by atoms with van der Waals surface area (Å²) in [6, 6.07) is 9.98. The molecule has 0 aliphatic rings. The second-order valence-electron chi connectivity index (χ2n) is 7.53. The number of carbonyl (C=O) groups is 2. The molecule has 32 heavy (non-hydrogen) atoms. The second kappa shape index (κ2) is 14.1. The fourth-order valence-corrected chi connectivity index (χ4v) is 3.01. The first-order valence-electron chi connectivity index (χ1n) is 11.0. The molecule has 2 aromatic rings. The number of hydrogen-bond donors (Lipinski definition) is 4. The lowest BCUT2D eigenvalue weighted by atomic mass is 10.00. The first-order valence-corrected chi connectivity index (χ1v) is 11.0. The number of hydrogen-bond acceptors (Lipinski definition) is 6. The van der Waals surface area contributed by atoms with E-state index in [1.807, 2.05) is 45.0 Å². The van der Waals surface area contributed by atoms with Gasteiger partial charge in [0.05, 0.1) is 12.2 Å². The molecular formula is C25H37N5O2. The summed E-state index contributed by atoms with van der Waals surface area (Å²) in [7, 11) is 1.50. The Morgan fingerprint density at radius 1 is 1.09 bits per heavy atom. The molecule has 0 aliphatic carbocycles. The molecule has 0 radical (unpaired) electrons. The maximum Gasteiger partial charge on any atom is 0.238 e. The number of amides is 1. The van der Waals surface area contributed by atoms with Crippen molar-refractivity contribution in [2.24, 2.45) is 17.4 Å². The number of allylic oxidation sites excluding steroid dienone is 1. The highest BCUT2D eigenvalue weighted by atomic mass is 16.2. The van der Waals surface area contributed by atoms with Gasteiger partial charge in [0, 0.05) is 29.9 Å². The largest absolute Gasteiger partial charge is 0.401 e. The highest BCUT2D eigenvalue weighted by Gasteiger charge is 2.19. The van der Waals surface area contributed by atoms with E-state index >= 15 is 0 Å². The molecule has 0 bridgehead atoms. The molecule has 0 saturated heterocycles. The van der Waals surface area contributed by atoms with Crippen LogP contribution in [-0.2, 0) is 11.2 Å². The lowest BCUT2D eigenvalue weighted by Crippen LogP contribution is -2.31. The molecule has 7 nitrogen and oxygen atoms in total. The number of rotatable bonds is 10. The van der Waals surface area contributed by atoms with Gasteiger partial charge in [0.1, 0.15) is 5.69 Å². The minimum absolute atomic E-state index is 0.0864. The minimum Gasteiger partial charge on any atom is -0.401 e. The topological polar surface area (TPSA) is 123 Å². The summed E-state index contributed by atoms with van der Waals surface area (Å²) in [6.45, 7) is 8.26. The van der Waals surface area contributed by atoms with Crippen LogP contribution in [0.2, 0.25) is 0 Å². The van der Waals surface area contributed by atoms with Crippen molar-refractivity contribution in [2.75, 3.05) is 25.5 Å². The van der Waals surface area contributed by atoms with E-state index in [9.17, 15) is 9.59 Å². The summed E-state index contributed by atoms with van der Waals surface area (Å²) in [5.41, 5.74) is 14.8. The van der Waals surface area contributed by atoms with E-state index in [0.717, 1.165) is 24.0 Å². The number of ketones is 1. The van der Waals surface area contributed by atoms with Gasteiger partial charge in [-0.25, -0.2) is 0 Å². The van der Waals surface area contributed by atoms with E-state index < -0.39 is 0 Å². The zero-order chi connectivity index (χ0) is 24.1. The van der Waals surface area contributed by atoms with Crippen LogP contribution >= 0.6 is 0 Å². The second-order valence-corrected chi connectivity index (χ2v) is 7.53. The zero-order valence-electron chi connectivity index (χ0n) is 19.9. The highest BCUT2D eigenvalue weighted by Crippen LogP contribution is 2.26. The first-order chi connectivity index (χ1) is 15.3. The molecule has 1 heterocycles. The van der Waals surface area contributed by atoms with Crippen molar-refractivity contribution in [2.45, 2.75) is 40.5 Å². The number of nitrogens with two attached hydrogens (primary N) is 2. The summed E-state index contributed by atoms with van der Waals surface area (Å²) < 4.78 is 0. The van der Waals surface area contributed by atoms with E-state index in [1.165, 1.54) is 12.6 Å². The molecule has 174 valence electrons. The van der Waals surface area contributed by atoms with Crippen molar-refractivity contribution in [3.8, 4) is 11.1 Å². The van der Waals surface area contributed by atoms with Gasteiger partial charge in [0.2, 0.25) is 5.91 Å². The Morgan fingerprint density at radius 2 is 1.81 bits per heavy atom. The van der Waals surface area contributed by atoms with Crippen molar-refractivity contribution in [1.29, 1.82) is 0 Å². The van der Waals surface area contributed by atoms with Crippen LogP contribution in [0.1, 0.15) is 50.2 Å². The Hall–Kier alpha value is -3.03. The average molecular weight is 440 g/mol. The van der Waals surface area contributed by atoms with Crippen LogP contribution < -0.4 is 22.1 Å². The molecule has 0 atom stereocenters. The van der Waals surface area contributed by atoms with E-state index in [0.29, 0.717) is 17.9 Å². The van der Waals surface area contributed by atoms with Gasteiger partial charge < -0.3 is 22.1 Å². The average Bonchev–Trinajstić information content (AvgIpc) is 2.80. The maximum atomic E-state index is 12.6. The number of Topliss-reactive ketones (excluding diaryl/α,β-unsaturated/α-hetero) is 1. The predicted octanol–water partition coefficient (Wildman–Crippen LogP) is 3.51. The molecule has 0 spiro atoms. The zero-order valence-corrected chi connectivity index (χ0v) is 19.9. The van der Waals surface area contributed by atoms with Crippen LogP contribution in [0, 0.1) is 5.92 Å². The summed E-state index contributed by atoms with van der Waals surface area (Å²) in [4.78, 5) is 29.5. The molecule has 7 heteroatoms. The number of carbonyl (C=O) groups excluding carboxylic acids is 2. The van der Waals surface area contributed by atoms with Crippen LogP contribution in [-0.4, -0.2) is 36.8 Å². The van der Waals surface area contributed by atoms with Crippen molar-refractivity contribution in [1.82, 2.24) is 10.3 Å². The fourth-order valence-electron chi connectivity index (χ4n) is 3.01. The molecule has 1 aromatic heterocycles. The van der Waals surface area contributed by atoms with Gasteiger partial charge in [-0.1, -0.05) is 58.0 Å². The Balaban J connectivity index is 0.00000249. The van der Waals surface area contributed by atoms with Crippen molar-refractivity contribution in [3.63, 3.8) is 0 Å². The third-order valence-corrected chi connectivity index (χ3v) is 4.67. The number of aromatic nitrogens is 1. The summed E-state index contributed by atoms with van der Waals surface area (Å²) >= 11 is 0. The lowest BCUT2D eigenvalue weighted by molar-refractivity contribution is -0.115. The number of pyridine rings is 1. The molecule has 2 rings (SSSR count). The van der Waals surface area contributed by atoms with Crippen LogP contribution in [0.25, 0.3) is 11.1 Å². The van der Waals surface area contributed by atoms with E-state index in [2.05, 4.69) is 40.4 Å². The standard InChI is InChI=1S/C24H32N4O2.CH5N/c1-5-8-20(25)14-26-15-22(29)28-21-12-19(13-27-23(21)24(30)16(3)4)18-10-7-9-17(6-2)11-18;1-2/h7-13,16,26H,5-6,14-15,25H2,1-4H3,(H,28,29);2H2,1H3/b20-8-;. The monoisotopic (exact) mass is 439 g/mol. The Kier molecular flexibility index (Phi) is 11.9. The minimum atomic E-state index is -0.252. The van der Waals surface area contributed by atoms with Crippen LogP contribution in [0.15, 0.2) is 48.3 Å². The molecule has 0 aliphatic heterocycles. The smallest absolute Gasteiger partial charge is 0.238 e. The number of anilines is 1. The fraction of sp³-hybridized carbons (Fsp3) is 0.400. The van der Waals surface area contributed by atoms with Gasteiger partial charge >= 0.3 is 0 Å². The lowest BCUT2D eigenvalue weighted by Gasteiger charge is -2.14. The molecule has 1 amide bonds. The molecule has 1 aromatic carbocycles. The number of aryl methyl sites for hydroxylation is 1. The first kappa shape index (κ1) is 27.0. The van der Waals surface area contributed by atoms with Crippen molar-refractivity contribution >= 4 is 17.4 Å². The predicted molar refractivity (Wildman–Crippen MR) is 132 cm³/mol. The Labute approximate surface area is 191 Å². The van der Waals surface area contributed by atoms with Gasteiger partial charge in [-0.2, -0.15) is 0 Å². The normalized spacial score (nSPS) is 11.0. The maximum absolute atomic E-state index is 12.6. The molecule has 0 unspecified atom stereocenters. The molecule has 0 saturated carbocycles. The van der Waals surface area contributed by atoms with Gasteiger partial charge in [-0.3, -0.25) is 14.6 Å². The molecule has 6 N–H and O–H groups in total. The molecular weight excluding hydrogens is 402 g/mol. The van der Waals surface area contributed by atoms with Crippen molar-refractivity contribution < 1.29 is 9.59 Å². The van der Waals surface area contributed by atoms with Crippen molar-refractivity contribution in [3.05, 3.63) is 59.6 Å². The summed E-state index contributed by atoms with van der Waals surface area (Å²) in [5, 5.41) is 5.86. The summed E-state index contributed by atoms with van der Waals surface area (Å²) in [5.74, 6) is -0.583. The quantitative estimate of drug-likeness (QED) is 0.420. The van der Waals surface area contributed by atoms with Gasteiger partial charge in [-0.05, 0) is 37.1 Å². The number of nitrogens with zero attached hydrogens (tertiary/aromatic N) is 1. The number of nitrogens with one attached hydrogen (secondary N) is 2. The van der Waals surface area contributed by atoms with Crippen LogP contribution in [0.3, 0.4) is 0 Å². The SMILES string of the molecule is CC/C=C(\N)CNCC(=O)Nc1cc(-c2cccc(CC)c2)cnc1C(=O)C(C)C.CN. The van der Waals surface area contributed by atoms with Crippen LogP contribution in [0.5, 0.6) is 0 Å². The Morgan fingerprint density at radius 3 is 2.44 bits per heavy atom. The highest BCUT2D eigenvalue weighted by molar-refractivity contribution is 6.05. The summed E-state index contributed by atoms with van der Waals surface area (Å²) in [6.07, 6.45) is 5.37. The Bertz CT molecular complexity index is 922. The van der Waals surface area contributed by atoms with Gasteiger partial charge in [0.15, 0.2) is 5.78 Å². The van der Waals surface area contributed by atoms with Gasteiger partial charge in [0.25, 0.3) is 0 Å². The van der Waals surface area contributed by atoms with E-state index in [4.69, 9.17) is 5.73 Å². The molecule has 0 fully saturated rings.